The van der Waals surface area contributed by atoms with E-state index >= 15 is 0 Å². The molecular formula is C16H16FNO. The zero-order chi connectivity index (χ0) is 13.2. The van der Waals surface area contributed by atoms with Crippen LogP contribution in [0.4, 0.5) is 4.39 Å². The number of hydrogen-bond donors (Lipinski definition) is 1. The second kappa shape index (κ2) is 5.02. The van der Waals surface area contributed by atoms with Crippen molar-refractivity contribution >= 4 is 0 Å². The molecule has 2 nitrogen and oxygen atoms in total. The number of para-hydroxylation sites is 1. The summed E-state index contributed by atoms with van der Waals surface area (Å²) in [6.45, 7) is 0.732. The molecule has 3 rings (SSSR count). The van der Waals surface area contributed by atoms with Crippen LogP contribution in [0.1, 0.15) is 22.7 Å². The van der Waals surface area contributed by atoms with E-state index in [0.717, 1.165) is 29.9 Å². The smallest absolute Gasteiger partial charge is 0.127 e. The van der Waals surface area contributed by atoms with Gasteiger partial charge in [0, 0.05) is 18.0 Å². The molecule has 0 bridgehead atoms. The Labute approximate surface area is 112 Å². The van der Waals surface area contributed by atoms with Crippen molar-refractivity contribution < 1.29 is 9.13 Å². The van der Waals surface area contributed by atoms with Crippen LogP contribution in [0, 0.1) is 5.82 Å². The first-order valence-corrected chi connectivity index (χ1v) is 6.48. The SMILES string of the molecule is NC(Cc1ccc(F)cc1)c1cccc2c1OCC2. The van der Waals surface area contributed by atoms with Gasteiger partial charge in [0.25, 0.3) is 0 Å². The standard InChI is InChI=1S/C16H16FNO/c17-13-6-4-11(5-7-13)10-15(18)14-3-1-2-12-8-9-19-16(12)14/h1-7,15H,8-10,18H2. The van der Waals surface area contributed by atoms with Gasteiger partial charge in [0.2, 0.25) is 0 Å². The van der Waals surface area contributed by atoms with Gasteiger partial charge < -0.3 is 10.5 Å². The lowest BCUT2D eigenvalue weighted by Gasteiger charge is -2.15. The van der Waals surface area contributed by atoms with Gasteiger partial charge in [0.15, 0.2) is 0 Å². The number of hydrogen-bond acceptors (Lipinski definition) is 2. The maximum absolute atomic E-state index is 12.9. The Morgan fingerprint density at radius 3 is 2.74 bits per heavy atom. The Bertz CT molecular complexity index is 580. The molecule has 0 spiro atoms. The number of benzene rings is 2. The molecule has 2 aromatic rings. The molecule has 2 N–H and O–H groups in total. The average Bonchev–Trinajstić information content (AvgIpc) is 2.89. The minimum Gasteiger partial charge on any atom is -0.493 e. The highest BCUT2D eigenvalue weighted by Gasteiger charge is 2.19. The van der Waals surface area contributed by atoms with Crippen LogP contribution in [0.3, 0.4) is 0 Å². The van der Waals surface area contributed by atoms with Crippen molar-refractivity contribution in [3.8, 4) is 5.75 Å². The average molecular weight is 257 g/mol. The molecular weight excluding hydrogens is 241 g/mol. The van der Waals surface area contributed by atoms with E-state index in [-0.39, 0.29) is 11.9 Å². The molecule has 0 amide bonds. The summed E-state index contributed by atoms with van der Waals surface area (Å²) in [6.07, 6.45) is 1.63. The Morgan fingerprint density at radius 1 is 1.16 bits per heavy atom. The summed E-state index contributed by atoms with van der Waals surface area (Å²) in [6, 6.07) is 12.5. The molecule has 1 atom stereocenters. The predicted molar refractivity (Wildman–Crippen MR) is 72.7 cm³/mol. The van der Waals surface area contributed by atoms with E-state index in [1.54, 1.807) is 12.1 Å². The van der Waals surface area contributed by atoms with Crippen LogP contribution < -0.4 is 10.5 Å². The van der Waals surface area contributed by atoms with Crippen molar-refractivity contribution in [2.45, 2.75) is 18.9 Å². The summed E-state index contributed by atoms with van der Waals surface area (Å²) >= 11 is 0. The summed E-state index contributed by atoms with van der Waals surface area (Å²) in [5.74, 6) is 0.721. The largest absolute Gasteiger partial charge is 0.493 e. The minimum atomic E-state index is -0.221. The summed E-state index contributed by atoms with van der Waals surface area (Å²) < 4.78 is 18.5. The van der Waals surface area contributed by atoms with Crippen LogP contribution in [-0.4, -0.2) is 6.61 Å². The number of nitrogens with two attached hydrogens (primary N) is 1. The van der Waals surface area contributed by atoms with Gasteiger partial charge in [-0.05, 0) is 29.7 Å². The van der Waals surface area contributed by atoms with Gasteiger partial charge in [-0.1, -0.05) is 30.3 Å². The molecule has 98 valence electrons. The summed E-state index contributed by atoms with van der Waals surface area (Å²) in [4.78, 5) is 0. The normalized spacial score (nSPS) is 14.8. The summed E-state index contributed by atoms with van der Waals surface area (Å²) in [5, 5.41) is 0. The third-order valence-corrected chi connectivity index (χ3v) is 3.51. The number of ether oxygens (including phenoxy) is 1. The van der Waals surface area contributed by atoms with E-state index in [0.29, 0.717) is 6.42 Å². The first kappa shape index (κ1) is 12.2. The third kappa shape index (κ3) is 2.47. The molecule has 0 saturated heterocycles. The van der Waals surface area contributed by atoms with Crippen LogP contribution in [-0.2, 0) is 12.8 Å². The number of fused-ring (bicyclic) bond motifs is 1. The van der Waals surface area contributed by atoms with Gasteiger partial charge in [-0.3, -0.25) is 0 Å². The van der Waals surface area contributed by atoms with Crippen LogP contribution in [0.5, 0.6) is 5.75 Å². The van der Waals surface area contributed by atoms with Crippen molar-refractivity contribution in [2.75, 3.05) is 6.61 Å². The number of halogens is 1. The zero-order valence-electron chi connectivity index (χ0n) is 10.6. The van der Waals surface area contributed by atoms with Crippen molar-refractivity contribution in [3.63, 3.8) is 0 Å². The highest BCUT2D eigenvalue weighted by molar-refractivity contribution is 5.46. The first-order chi connectivity index (χ1) is 9.24. The van der Waals surface area contributed by atoms with Gasteiger partial charge in [-0.2, -0.15) is 0 Å². The molecule has 0 fully saturated rings. The fourth-order valence-electron chi connectivity index (χ4n) is 2.52. The maximum atomic E-state index is 12.9. The van der Waals surface area contributed by atoms with Gasteiger partial charge in [0.1, 0.15) is 11.6 Å². The zero-order valence-corrected chi connectivity index (χ0v) is 10.6. The fourth-order valence-corrected chi connectivity index (χ4v) is 2.52. The lowest BCUT2D eigenvalue weighted by atomic mass is 9.97. The lowest BCUT2D eigenvalue weighted by Crippen LogP contribution is -2.14. The maximum Gasteiger partial charge on any atom is 0.127 e. The molecule has 1 unspecified atom stereocenters. The third-order valence-electron chi connectivity index (χ3n) is 3.51. The highest BCUT2D eigenvalue weighted by Crippen LogP contribution is 2.33. The molecule has 0 radical (unpaired) electrons. The van der Waals surface area contributed by atoms with Crippen molar-refractivity contribution in [1.29, 1.82) is 0 Å². The molecule has 0 saturated carbocycles. The summed E-state index contributed by atoms with van der Waals surface area (Å²) in [7, 11) is 0. The molecule has 1 aliphatic heterocycles. The minimum absolute atomic E-state index is 0.126. The number of rotatable bonds is 3. The molecule has 1 aliphatic rings. The molecule has 1 heterocycles. The van der Waals surface area contributed by atoms with Crippen molar-refractivity contribution in [1.82, 2.24) is 0 Å². The first-order valence-electron chi connectivity index (χ1n) is 6.48. The lowest BCUT2D eigenvalue weighted by molar-refractivity contribution is 0.351. The Kier molecular flexibility index (Phi) is 3.22. The van der Waals surface area contributed by atoms with E-state index in [2.05, 4.69) is 6.07 Å². The highest BCUT2D eigenvalue weighted by atomic mass is 19.1. The fraction of sp³-hybridized carbons (Fsp3) is 0.250. The topological polar surface area (TPSA) is 35.2 Å². The van der Waals surface area contributed by atoms with Gasteiger partial charge >= 0.3 is 0 Å². The molecule has 3 heteroatoms. The monoisotopic (exact) mass is 257 g/mol. The van der Waals surface area contributed by atoms with E-state index in [1.165, 1.54) is 17.7 Å². The van der Waals surface area contributed by atoms with Gasteiger partial charge in [-0.15, -0.1) is 0 Å². The van der Waals surface area contributed by atoms with E-state index in [9.17, 15) is 4.39 Å². The quantitative estimate of drug-likeness (QED) is 0.917. The van der Waals surface area contributed by atoms with Crippen LogP contribution in [0.2, 0.25) is 0 Å². The van der Waals surface area contributed by atoms with E-state index in [4.69, 9.17) is 10.5 Å². The molecule has 2 aromatic carbocycles. The Morgan fingerprint density at radius 2 is 1.95 bits per heavy atom. The molecule has 19 heavy (non-hydrogen) atoms. The van der Waals surface area contributed by atoms with Crippen molar-refractivity contribution in [3.05, 3.63) is 65.0 Å². The van der Waals surface area contributed by atoms with Crippen LogP contribution in [0.25, 0.3) is 0 Å². The van der Waals surface area contributed by atoms with E-state index in [1.807, 2.05) is 12.1 Å². The van der Waals surface area contributed by atoms with E-state index < -0.39 is 0 Å². The van der Waals surface area contributed by atoms with Gasteiger partial charge in [-0.25, -0.2) is 4.39 Å². The Balaban J connectivity index is 1.83. The Hall–Kier alpha value is -1.87. The van der Waals surface area contributed by atoms with Crippen molar-refractivity contribution in [2.24, 2.45) is 5.73 Å². The van der Waals surface area contributed by atoms with Crippen LogP contribution in [0.15, 0.2) is 42.5 Å². The van der Waals surface area contributed by atoms with Crippen LogP contribution >= 0.6 is 0 Å². The molecule has 0 aromatic heterocycles. The molecule has 0 aliphatic carbocycles. The second-order valence-corrected chi connectivity index (χ2v) is 4.87. The second-order valence-electron chi connectivity index (χ2n) is 4.87. The predicted octanol–water partition coefficient (Wildman–Crippen LogP) is 3.00. The van der Waals surface area contributed by atoms with Gasteiger partial charge in [0.05, 0.1) is 6.61 Å². The summed E-state index contributed by atoms with van der Waals surface area (Å²) in [5.41, 5.74) is 9.57.